The Morgan fingerprint density at radius 3 is 2.06 bits per heavy atom. The molecule has 0 saturated heterocycles. The molecule has 0 heterocycles. The van der Waals surface area contributed by atoms with Gasteiger partial charge in [0.05, 0.1) is 5.41 Å². The Morgan fingerprint density at radius 1 is 1.12 bits per heavy atom. The average molecular weight is 227 g/mol. The number of hydrogen-bond donors (Lipinski definition) is 2. The number of nitrogens with one attached hydrogen (secondary N) is 1. The van der Waals surface area contributed by atoms with E-state index in [1.54, 1.807) is 13.8 Å². The molecule has 1 fully saturated rings. The summed E-state index contributed by atoms with van der Waals surface area (Å²) >= 11 is 0. The second-order valence-electron chi connectivity index (χ2n) is 6.03. The smallest absolute Gasteiger partial charge is 0.310 e. The Balaban J connectivity index is 2.65. The van der Waals surface area contributed by atoms with Gasteiger partial charge in [-0.2, -0.15) is 0 Å². The molecule has 0 amide bonds. The van der Waals surface area contributed by atoms with Crippen LogP contribution in [0.25, 0.3) is 0 Å². The summed E-state index contributed by atoms with van der Waals surface area (Å²) in [7, 11) is 0. The number of hydrogen-bond acceptors (Lipinski definition) is 2. The van der Waals surface area contributed by atoms with Gasteiger partial charge in [0, 0.05) is 11.6 Å². The van der Waals surface area contributed by atoms with E-state index in [1.807, 2.05) is 13.8 Å². The van der Waals surface area contributed by atoms with Gasteiger partial charge in [-0.3, -0.25) is 4.79 Å². The maximum atomic E-state index is 11.3. The van der Waals surface area contributed by atoms with E-state index < -0.39 is 11.4 Å². The van der Waals surface area contributed by atoms with Crippen molar-refractivity contribution in [2.75, 3.05) is 0 Å². The normalized spacial score (nSPS) is 19.8. The lowest BCUT2D eigenvalue weighted by atomic mass is 9.73. The summed E-state index contributed by atoms with van der Waals surface area (Å²) in [5.74, 6) is -0.735. The molecule has 0 aromatic heterocycles. The van der Waals surface area contributed by atoms with Crippen LogP contribution in [0, 0.1) is 5.41 Å². The summed E-state index contributed by atoms with van der Waals surface area (Å²) in [6.07, 6.45) is 6.21. The van der Waals surface area contributed by atoms with E-state index >= 15 is 0 Å². The van der Waals surface area contributed by atoms with Crippen LogP contribution in [0.15, 0.2) is 0 Å². The van der Waals surface area contributed by atoms with Gasteiger partial charge in [0.2, 0.25) is 0 Å². The molecule has 1 rings (SSSR count). The van der Waals surface area contributed by atoms with Crippen molar-refractivity contribution in [1.82, 2.24) is 5.32 Å². The fourth-order valence-corrected chi connectivity index (χ4v) is 2.20. The van der Waals surface area contributed by atoms with Crippen LogP contribution < -0.4 is 5.32 Å². The fourth-order valence-electron chi connectivity index (χ4n) is 2.20. The first kappa shape index (κ1) is 13.5. The first-order valence-corrected chi connectivity index (χ1v) is 6.28. The topological polar surface area (TPSA) is 49.3 Å². The zero-order valence-electron chi connectivity index (χ0n) is 11.0. The third-order valence-corrected chi connectivity index (χ3v) is 4.27. The first-order chi connectivity index (χ1) is 7.27. The van der Waals surface area contributed by atoms with Gasteiger partial charge in [-0.05, 0) is 40.5 Å². The lowest BCUT2D eigenvalue weighted by Crippen LogP contribution is -2.58. The minimum absolute atomic E-state index is 0.374. The van der Waals surface area contributed by atoms with Crippen LogP contribution in [-0.4, -0.2) is 22.7 Å². The quantitative estimate of drug-likeness (QED) is 0.776. The van der Waals surface area contributed by atoms with Crippen LogP contribution in [0.3, 0.4) is 0 Å². The Hall–Kier alpha value is -0.570. The fraction of sp³-hybridized carbons (Fsp3) is 0.923. The zero-order valence-corrected chi connectivity index (χ0v) is 11.0. The van der Waals surface area contributed by atoms with Crippen molar-refractivity contribution in [2.24, 2.45) is 5.41 Å². The molecule has 0 aliphatic heterocycles. The average Bonchev–Trinajstić information content (AvgIpc) is 2.18. The van der Waals surface area contributed by atoms with E-state index in [9.17, 15) is 9.90 Å². The van der Waals surface area contributed by atoms with Gasteiger partial charge in [0.1, 0.15) is 0 Å². The second kappa shape index (κ2) is 4.74. The minimum Gasteiger partial charge on any atom is -0.481 e. The number of carboxylic acids is 1. The number of rotatable bonds is 4. The number of carbonyl (C=O) groups is 1. The summed E-state index contributed by atoms with van der Waals surface area (Å²) in [5, 5.41) is 12.8. The van der Waals surface area contributed by atoms with Gasteiger partial charge >= 0.3 is 5.97 Å². The van der Waals surface area contributed by atoms with E-state index in [0.29, 0.717) is 6.04 Å². The van der Waals surface area contributed by atoms with Gasteiger partial charge in [0.25, 0.3) is 0 Å². The lowest BCUT2D eigenvalue weighted by Gasteiger charge is -2.42. The Kier molecular flexibility index (Phi) is 4.00. The highest BCUT2D eigenvalue weighted by Gasteiger charge is 2.44. The maximum Gasteiger partial charge on any atom is 0.310 e. The van der Waals surface area contributed by atoms with E-state index in [2.05, 4.69) is 5.32 Å². The third kappa shape index (κ3) is 2.76. The molecule has 1 aliphatic rings. The molecule has 94 valence electrons. The van der Waals surface area contributed by atoms with Crippen LogP contribution in [0.1, 0.15) is 59.8 Å². The number of carboxylic acid groups (broad SMARTS) is 1. The van der Waals surface area contributed by atoms with E-state index in [0.717, 1.165) is 0 Å². The van der Waals surface area contributed by atoms with E-state index in [4.69, 9.17) is 0 Å². The summed E-state index contributed by atoms with van der Waals surface area (Å²) in [6.45, 7) is 7.59. The Bertz CT molecular complexity index is 253. The van der Waals surface area contributed by atoms with Crippen LogP contribution in [0.2, 0.25) is 0 Å². The molecule has 0 radical (unpaired) electrons. The van der Waals surface area contributed by atoms with Crippen LogP contribution >= 0.6 is 0 Å². The van der Waals surface area contributed by atoms with E-state index in [1.165, 1.54) is 32.1 Å². The lowest BCUT2D eigenvalue weighted by molar-refractivity contribution is -0.151. The molecule has 3 nitrogen and oxygen atoms in total. The van der Waals surface area contributed by atoms with Gasteiger partial charge in [-0.1, -0.05) is 19.3 Å². The van der Waals surface area contributed by atoms with Crippen molar-refractivity contribution in [2.45, 2.75) is 71.4 Å². The molecule has 0 aromatic rings. The summed E-state index contributed by atoms with van der Waals surface area (Å²) < 4.78 is 0. The number of aliphatic carboxylic acids is 1. The van der Waals surface area contributed by atoms with Crippen LogP contribution in [-0.2, 0) is 4.79 Å². The molecule has 0 atom stereocenters. The standard InChI is InChI=1S/C13H25NO2/c1-12(2,11(15)16)13(3,4)14-10-8-6-5-7-9-10/h10,14H,5-9H2,1-4H3,(H,15,16). The molecular weight excluding hydrogens is 202 g/mol. The Labute approximate surface area is 98.6 Å². The molecule has 3 heteroatoms. The van der Waals surface area contributed by atoms with Crippen LogP contribution in [0.5, 0.6) is 0 Å². The molecule has 2 N–H and O–H groups in total. The molecule has 1 aliphatic carbocycles. The SMILES string of the molecule is CC(C)(NC1CCCCC1)C(C)(C)C(=O)O. The van der Waals surface area contributed by atoms with Crippen molar-refractivity contribution in [1.29, 1.82) is 0 Å². The van der Waals surface area contributed by atoms with Crippen molar-refractivity contribution >= 4 is 5.97 Å². The summed E-state index contributed by atoms with van der Waals surface area (Å²) in [6, 6.07) is 0.488. The predicted octanol–water partition coefficient (Wildman–Crippen LogP) is 2.80. The van der Waals surface area contributed by atoms with Crippen molar-refractivity contribution in [3.05, 3.63) is 0 Å². The molecular formula is C13H25NO2. The third-order valence-electron chi connectivity index (χ3n) is 4.27. The van der Waals surface area contributed by atoms with Gasteiger partial charge in [0.15, 0.2) is 0 Å². The maximum absolute atomic E-state index is 11.3. The molecule has 1 saturated carbocycles. The first-order valence-electron chi connectivity index (χ1n) is 6.28. The highest BCUT2D eigenvalue weighted by molar-refractivity contribution is 5.75. The molecule has 16 heavy (non-hydrogen) atoms. The zero-order chi connectivity index (χ0) is 12.4. The molecule has 0 bridgehead atoms. The highest BCUT2D eigenvalue weighted by Crippen LogP contribution is 2.32. The van der Waals surface area contributed by atoms with E-state index in [-0.39, 0.29) is 5.54 Å². The van der Waals surface area contributed by atoms with Gasteiger partial charge in [-0.25, -0.2) is 0 Å². The largest absolute Gasteiger partial charge is 0.481 e. The highest BCUT2D eigenvalue weighted by atomic mass is 16.4. The second-order valence-corrected chi connectivity index (χ2v) is 6.03. The summed E-state index contributed by atoms with van der Waals surface area (Å²) in [5.41, 5.74) is -1.12. The van der Waals surface area contributed by atoms with Gasteiger partial charge < -0.3 is 10.4 Å². The monoisotopic (exact) mass is 227 g/mol. The molecule has 0 unspecified atom stereocenters. The van der Waals surface area contributed by atoms with Crippen LogP contribution in [0.4, 0.5) is 0 Å². The minimum atomic E-state index is -0.746. The van der Waals surface area contributed by atoms with Crippen molar-refractivity contribution in [3.63, 3.8) is 0 Å². The summed E-state index contributed by atoms with van der Waals surface area (Å²) in [4.78, 5) is 11.3. The van der Waals surface area contributed by atoms with Crippen molar-refractivity contribution < 1.29 is 9.90 Å². The van der Waals surface area contributed by atoms with Crippen molar-refractivity contribution in [3.8, 4) is 0 Å². The Morgan fingerprint density at radius 2 is 1.62 bits per heavy atom. The molecule has 0 spiro atoms. The predicted molar refractivity (Wildman–Crippen MR) is 65.5 cm³/mol. The molecule has 0 aromatic carbocycles. The van der Waals surface area contributed by atoms with Gasteiger partial charge in [-0.15, -0.1) is 0 Å².